The minimum Gasteiger partial charge on any atom is -0.493 e. The standard InChI is InChI=1S/C25H26F3N7O2/c1-4-18-21(34-13-19(37-3)14(2)30-24(34)31-18)23(36)29-12-15-5-7-16(8-6-15)22-32-20-11-17(25(26,27)28)9-10-35(20)33-22/h5-8,13,17H,4,9-12H2,1-3H3,(H,29,36). The predicted octanol–water partition coefficient (Wildman–Crippen LogP) is 3.92. The first-order chi connectivity index (χ1) is 17.7. The predicted molar refractivity (Wildman–Crippen MR) is 128 cm³/mol. The first kappa shape index (κ1) is 24.7. The van der Waals surface area contributed by atoms with E-state index in [4.69, 9.17) is 4.74 Å². The summed E-state index contributed by atoms with van der Waals surface area (Å²) in [6, 6.07) is 7.26. The van der Waals surface area contributed by atoms with Gasteiger partial charge in [0.15, 0.2) is 11.6 Å². The molecule has 0 spiro atoms. The van der Waals surface area contributed by atoms with Gasteiger partial charge in [-0.15, -0.1) is 0 Å². The Morgan fingerprint density at radius 3 is 2.62 bits per heavy atom. The lowest BCUT2D eigenvalue weighted by Crippen LogP contribution is -2.31. The Hall–Kier alpha value is -3.96. The van der Waals surface area contributed by atoms with Crippen molar-refractivity contribution in [3.05, 3.63) is 58.9 Å². The molecule has 1 amide bonds. The van der Waals surface area contributed by atoms with E-state index in [1.807, 2.05) is 26.0 Å². The van der Waals surface area contributed by atoms with Gasteiger partial charge in [0.25, 0.3) is 5.91 Å². The molecule has 4 aromatic rings. The van der Waals surface area contributed by atoms with E-state index in [-0.39, 0.29) is 31.8 Å². The Balaban J connectivity index is 1.29. The number of benzene rings is 1. The van der Waals surface area contributed by atoms with Crippen LogP contribution in [0.5, 0.6) is 5.75 Å². The average molecular weight is 514 g/mol. The molecule has 12 heteroatoms. The van der Waals surface area contributed by atoms with Crippen molar-refractivity contribution in [1.82, 2.24) is 34.4 Å². The molecule has 3 aromatic heterocycles. The van der Waals surface area contributed by atoms with Crippen LogP contribution in [0, 0.1) is 12.8 Å². The number of hydrogen-bond donors (Lipinski definition) is 1. The van der Waals surface area contributed by atoms with Crippen molar-refractivity contribution in [2.45, 2.75) is 52.4 Å². The van der Waals surface area contributed by atoms with Gasteiger partial charge in [-0.25, -0.2) is 19.6 Å². The summed E-state index contributed by atoms with van der Waals surface area (Å²) in [5, 5.41) is 7.31. The van der Waals surface area contributed by atoms with E-state index in [0.717, 1.165) is 5.56 Å². The highest BCUT2D eigenvalue weighted by Crippen LogP contribution is 2.35. The van der Waals surface area contributed by atoms with Crippen LogP contribution in [0.4, 0.5) is 13.2 Å². The van der Waals surface area contributed by atoms with Crippen LogP contribution in [-0.4, -0.2) is 48.3 Å². The first-order valence-corrected chi connectivity index (χ1v) is 12.0. The number of ether oxygens (including phenoxy) is 1. The molecule has 37 heavy (non-hydrogen) atoms. The Morgan fingerprint density at radius 2 is 1.95 bits per heavy atom. The summed E-state index contributed by atoms with van der Waals surface area (Å²) in [4.78, 5) is 26.4. The highest BCUT2D eigenvalue weighted by atomic mass is 19.4. The molecule has 1 N–H and O–H groups in total. The Labute approximate surface area is 210 Å². The van der Waals surface area contributed by atoms with Crippen LogP contribution >= 0.6 is 0 Å². The molecular weight excluding hydrogens is 487 g/mol. The molecule has 0 saturated heterocycles. The van der Waals surface area contributed by atoms with Gasteiger partial charge in [0.05, 0.1) is 30.6 Å². The van der Waals surface area contributed by atoms with Crippen LogP contribution in [0.1, 0.15) is 46.6 Å². The van der Waals surface area contributed by atoms with Crippen molar-refractivity contribution in [3.8, 4) is 17.1 Å². The third kappa shape index (κ3) is 4.75. The van der Waals surface area contributed by atoms with Gasteiger partial charge in [0.2, 0.25) is 5.78 Å². The maximum atomic E-state index is 13.1. The highest BCUT2D eigenvalue weighted by molar-refractivity contribution is 5.94. The second-order valence-corrected chi connectivity index (χ2v) is 9.01. The number of alkyl halides is 3. The topological polar surface area (TPSA) is 99.2 Å². The summed E-state index contributed by atoms with van der Waals surface area (Å²) in [6.07, 6.45) is -2.11. The molecule has 0 fully saturated rings. The molecule has 5 rings (SSSR count). The van der Waals surface area contributed by atoms with Crippen LogP contribution in [0.15, 0.2) is 30.5 Å². The van der Waals surface area contributed by atoms with Crippen molar-refractivity contribution >= 4 is 11.7 Å². The van der Waals surface area contributed by atoms with Crippen molar-refractivity contribution in [2.24, 2.45) is 5.92 Å². The molecule has 1 aromatic carbocycles. The molecule has 1 aliphatic rings. The van der Waals surface area contributed by atoms with E-state index >= 15 is 0 Å². The maximum Gasteiger partial charge on any atom is 0.392 e. The fraction of sp³-hybridized carbons (Fsp3) is 0.400. The highest BCUT2D eigenvalue weighted by Gasteiger charge is 2.42. The molecule has 1 unspecified atom stereocenters. The van der Waals surface area contributed by atoms with Crippen molar-refractivity contribution < 1.29 is 22.7 Å². The number of aromatic nitrogens is 6. The largest absolute Gasteiger partial charge is 0.493 e. The lowest BCUT2D eigenvalue weighted by Gasteiger charge is -2.24. The minimum atomic E-state index is -4.23. The fourth-order valence-electron chi connectivity index (χ4n) is 4.52. The maximum absolute atomic E-state index is 13.1. The number of nitrogens with one attached hydrogen (secondary N) is 1. The number of carbonyl (C=O) groups is 1. The summed E-state index contributed by atoms with van der Waals surface area (Å²) in [7, 11) is 1.55. The molecule has 0 saturated carbocycles. The molecule has 1 atom stereocenters. The summed E-state index contributed by atoms with van der Waals surface area (Å²) in [6.45, 7) is 4.20. The summed E-state index contributed by atoms with van der Waals surface area (Å²) < 4.78 is 47.8. The van der Waals surface area contributed by atoms with Gasteiger partial charge >= 0.3 is 6.18 Å². The van der Waals surface area contributed by atoms with Crippen molar-refractivity contribution in [2.75, 3.05) is 7.11 Å². The number of carbonyl (C=O) groups excluding carboxylic acids is 1. The number of rotatable bonds is 6. The zero-order chi connectivity index (χ0) is 26.3. The monoisotopic (exact) mass is 513 g/mol. The van der Waals surface area contributed by atoms with E-state index in [0.29, 0.717) is 52.2 Å². The Bertz CT molecular complexity index is 1460. The molecular formula is C25H26F3N7O2. The smallest absolute Gasteiger partial charge is 0.392 e. The second kappa shape index (κ2) is 9.49. The van der Waals surface area contributed by atoms with Gasteiger partial charge in [-0.2, -0.15) is 18.3 Å². The summed E-state index contributed by atoms with van der Waals surface area (Å²) >= 11 is 0. The molecule has 194 valence electrons. The van der Waals surface area contributed by atoms with E-state index in [1.54, 1.807) is 34.5 Å². The number of imidazole rings is 1. The van der Waals surface area contributed by atoms with Crippen LogP contribution in [0.25, 0.3) is 17.2 Å². The second-order valence-electron chi connectivity index (χ2n) is 9.01. The number of hydrogen-bond acceptors (Lipinski definition) is 6. The normalized spacial score (nSPS) is 15.6. The number of halogens is 3. The van der Waals surface area contributed by atoms with Gasteiger partial charge in [-0.3, -0.25) is 9.20 Å². The average Bonchev–Trinajstić information content (AvgIpc) is 3.47. The lowest BCUT2D eigenvalue weighted by molar-refractivity contribution is -0.179. The zero-order valence-electron chi connectivity index (χ0n) is 20.6. The molecule has 4 heterocycles. The number of methoxy groups -OCH3 is 1. The Kier molecular flexibility index (Phi) is 6.34. The Morgan fingerprint density at radius 1 is 1.19 bits per heavy atom. The third-order valence-electron chi connectivity index (χ3n) is 6.60. The molecule has 0 aliphatic carbocycles. The third-order valence-corrected chi connectivity index (χ3v) is 6.60. The first-order valence-electron chi connectivity index (χ1n) is 12.0. The van der Waals surface area contributed by atoms with Gasteiger partial charge in [0.1, 0.15) is 11.5 Å². The zero-order valence-corrected chi connectivity index (χ0v) is 20.6. The summed E-state index contributed by atoms with van der Waals surface area (Å²) in [5.74, 6) is 0.0560. The quantitative estimate of drug-likeness (QED) is 0.420. The van der Waals surface area contributed by atoms with Gasteiger partial charge < -0.3 is 10.1 Å². The van der Waals surface area contributed by atoms with E-state index in [2.05, 4.69) is 25.4 Å². The van der Waals surface area contributed by atoms with Gasteiger partial charge in [-0.05, 0) is 25.3 Å². The van der Waals surface area contributed by atoms with Crippen LogP contribution in [0.3, 0.4) is 0 Å². The lowest BCUT2D eigenvalue weighted by atomic mass is 9.98. The molecule has 1 aliphatic heterocycles. The van der Waals surface area contributed by atoms with Crippen LogP contribution in [-0.2, 0) is 25.9 Å². The van der Waals surface area contributed by atoms with E-state index in [1.165, 1.54) is 0 Å². The van der Waals surface area contributed by atoms with Gasteiger partial charge in [0, 0.05) is 25.1 Å². The summed E-state index contributed by atoms with van der Waals surface area (Å²) in [5.41, 5.74) is 3.27. The van der Waals surface area contributed by atoms with Crippen LogP contribution < -0.4 is 10.1 Å². The van der Waals surface area contributed by atoms with Crippen molar-refractivity contribution in [3.63, 3.8) is 0 Å². The van der Waals surface area contributed by atoms with Crippen molar-refractivity contribution in [1.29, 1.82) is 0 Å². The minimum absolute atomic E-state index is 0.00655. The number of fused-ring (bicyclic) bond motifs is 2. The molecule has 9 nitrogen and oxygen atoms in total. The number of nitrogens with zero attached hydrogens (tertiary/aromatic N) is 6. The molecule has 0 bridgehead atoms. The number of aryl methyl sites for hydroxylation is 3. The fourth-order valence-corrected chi connectivity index (χ4v) is 4.52. The molecule has 0 radical (unpaired) electrons. The van der Waals surface area contributed by atoms with Crippen LogP contribution in [0.2, 0.25) is 0 Å². The van der Waals surface area contributed by atoms with E-state index in [9.17, 15) is 18.0 Å². The number of amides is 1. The SMILES string of the molecule is CCc1nc2nc(C)c(OC)cn2c1C(=O)NCc1ccc(-c2nc3n(n2)CCC(C(F)(F)F)C3)cc1. The van der Waals surface area contributed by atoms with E-state index < -0.39 is 12.1 Å². The van der Waals surface area contributed by atoms with Gasteiger partial charge in [-0.1, -0.05) is 31.2 Å².